The van der Waals surface area contributed by atoms with Gasteiger partial charge < -0.3 is 15.5 Å². The molecule has 3 atom stereocenters. The lowest BCUT2D eigenvalue weighted by Gasteiger charge is -2.27. The minimum Gasteiger partial charge on any atom is -0.382 e. The van der Waals surface area contributed by atoms with E-state index in [1.54, 1.807) is 0 Å². The quantitative estimate of drug-likeness (QED) is 0.883. The summed E-state index contributed by atoms with van der Waals surface area (Å²) in [6.45, 7) is 1.21. The second kappa shape index (κ2) is 6.04. The van der Waals surface area contributed by atoms with Crippen LogP contribution in [0.3, 0.4) is 0 Å². The summed E-state index contributed by atoms with van der Waals surface area (Å²) in [7, 11) is 4.17. The summed E-state index contributed by atoms with van der Waals surface area (Å²) >= 11 is 0. The fourth-order valence-corrected chi connectivity index (χ4v) is 3.80. The lowest BCUT2D eigenvalue weighted by atomic mass is 9.93. The van der Waals surface area contributed by atoms with E-state index in [0.717, 1.165) is 12.0 Å². The smallest absolute Gasteiger partial charge is 0.0362 e. The molecule has 2 aliphatic rings. The van der Waals surface area contributed by atoms with Crippen LogP contribution >= 0.6 is 0 Å². The van der Waals surface area contributed by atoms with Crippen molar-refractivity contribution in [1.82, 2.24) is 5.32 Å². The molecule has 0 radical (unpaired) electrons. The monoisotopic (exact) mass is 273 g/mol. The van der Waals surface area contributed by atoms with E-state index in [1.807, 2.05) is 0 Å². The molecule has 3 unspecified atom stereocenters. The third-order valence-corrected chi connectivity index (χ3v) is 4.92. The topological polar surface area (TPSA) is 27.3 Å². The van der Waals surface area contributed by atoms with Crippen LogP contribution in [0.4, 0.5) is 11.4 Å². The van der Waals surface area contributed by atoms with Gasteiger partial charge in [0.15, 0.2) is 0 Å². The average Bonchev–Trinajstić information content (AvgIpc) is 3.09. The Bertz CT molecular complexity index is 420. The van der Waals surface area contributed by atoms with Crippen molar-refractivity contribution >= 4 is 11.4 Å². The largest absolute Gasteiger partial charge is 0.382 e. The molecule has 1 aliphatic carbocycles. The summed E-state index contributed by atoms with van der Waals surface area (Å²) in [6, 6.07) is 10.2. The molecule has 1 aliphatic heterocycles. The van der Waals surface area contributed by atoms with Crippen molar-refractivity contribution in [3.05, 3.63) is 24.3 Å². The highest BCUT2D eigenvalue weighted by Gasteiger charge is 2.34. The third kappa shape index (κ3) is 2.93. The lowest BCUT2D eigenvalue weighted by molar-refractivity contribution is 0.376. The van der Waals surface area contributed by atoms with Gasteiger partial charge in [0, 0.05) is 37.6 Å². The van der Waals surface area contributed by atoms with Gasteiger partial charge >= 0.3 is 0 Å². The number of hydrogen-bond acceptors (Lipinski definition) is 3. The Labute approximate surface area is 122 Å². The summed E-state index contributed by atoms with van der Waals surface area (Å²) < 4.78 is 0. The molecule has 1 aromatic carbocycles. The SMILES string of the molecule is CN(C)c1ccc(NC2CCCC2C2CCCN2)cc1. The molecule has 3 heteroatoms. The van der Waals surface area contributed by atoms with Crippen LogP contribution in [0, 0.1) is 5.92 Å². The predicted octanol–water partition coefficient (Wildman–Crippen LogP) is 3.09. The molecular weight excluding hydrogens is 246 g/mol. The Kier molecular flexibility index (Phi) is 4.16. The predicted molar refractivity (Wildman–Crippen MR) is 86.5 cm³/mol. The van der Waals surface area contributed by atoms with Crippen molar-refractivity contribution in [2.24, 2.45) is 5.92 Å². The van der Waals surface area contributed by atoms with Crippen LogP contribution in [0.1, 0.15) is 32.1 Å². The lowest BCUT2D eigenvalue weighted by Crippen LogP contribution is -2.38. The van der Waals surface area contributed by atoms with Crippen molar-refractivity contribution in [3.8, 4) is 0 Å². The first-order chi connectivity index (χ1) is 9.74. The van der Waals surface area contributed by atoms with Gasteiger partial charge in [-0.1, -0.05) is 6.42 Å². The van der Waals surface area contributed by atoms with E-state index in [-0.39, 0.29) is 0 Å². The molecule has 0 bridgehead atoms. The maximum absolute atomic E-state index is 3.78. The Morgan fingerprint density at radius 1 is 1.05 bits per heavy atom. The number of nitrogens with one attached hydrogen (secondary N) is 2. The zero-order valence-electron chi connectivity index (χ0n) is 12.7. The van der Waals surface area contributed by atoms with Crippen LogP contribution in [-0.4, -0.2) is 32.7 Å². The van der Waals surface area contributed by atoms with Gasteiger partial charge in [-0.25, -0.2) is 0 Å². The van der Waals surface area contributed by atoms with Gasteiger partial charge in [-0.3, -0.25) is 0 Å². The fourth-order valence-electron chi connectivity index (χ4n) is 3.80. The number of hydrogen-bond donors (Lipinski definition) is 2. The van der Waals surface area contributed by atoms with Crippen molar-refractivity contribution in [2.45, 2.75) is 44.2 Å². The number of anilines is 2. The molecule has 20 heavy (non-hydrogen) atoms. The van der Waals surface area contributed by atoms with Gasteiger partial charge in [-0.15, -0.1) is 0 Å². The van der Waals surface area contributed by atoms with E-state index in [2.05, 4.69) is 53.9 Å². The molecule has 2 fully saturated rings. The molecule has 1 saturated carbocycles. The molecule has 3 nitrogen and oxygen atoms in total. The summed E-state index contributed by atoms with van der Waals surface area (Å²) in [5, 5.41) is 7.47. The Morgan fingerprint density at radius 3 is 2.50 bits per heavy atom. The minimum atomic E-state index is 0.649. The van der Waals surface area contributed by atoms with E-state index < -0.39 is 0 Å². The number of nitrogens with zero attached hydrogens (tertiary/aromatic N) is 1. The van der Waals surface area contributed by atoms with Gasteiger partial charge in [-0.05, 0) is 62.4 Å². The molecule has 3 rings (SSSR count). The normalized spacial score (nSPS) is 29.6. The molecule has 0 amide bonds. The molecular formula is C17H27N3. The van der Waals surface area contributed by atoms with Crippen molar-refractivity contribution in [2.75, 3.05) is 30.9 Å². The highest BCUT2D eigenvalue weighted by Crippen LogP contribution is 2.34. The van der Waals surface area contributed by atoms with Gasteiger partial charge in [-0.2, -0.15) is 0 Å². The van der Waals surface area contributed by atoms with Crippen molar-refractivity contribution < 1.29 is 0 Å². The van der Waals surface area contributed by atoms with Crippen LogP contribution in [0.2, 0.25) is 0 Å². The van der Waals surface area contributed by atoms with E-state index in [4.69, 9.17) is 0 Å². The molecule has 0 spiro atoms. The van der Waals surface area contributed by atoms with Gasteiger partial charge in [0.25, 0.3) is 0 Å². The second-order valence-electron chi connectivity index (χ2n) is 6.49. The van der Waals surface area contributed by atoms with Crippen LogP contribution in [-0.2, 0) is 0 Å². The van der Waals surface area contributed by atoms with Crippen molar-refractivity contribution in [1.29, 1.82) is 0 Å². The van der Waals surface area contributed by atoms with E-state index in [9.17, 15) is 0 Å². The highest BCUT2D eigenvalue weighted by molar-refractivity contribution is 5.54. The van der Waals surface area contributed by atoms with Crippen LogP contribution in [0.5, 0.6) is 0 Å². The van der Waals surface area contributed by atoms with E-state index in [1.165, 1.54) is 50.0 Å². The first-order valence-electron chi connectivity index (χ1n) is 8.01. The zero-order valence-corrected chi connectivity index (χ0v) is 12.7. The maximum Gasteiger partial charge on any atom is 0.0362 e. The van der Waals surface area contributed by atoms with Crippen LogP contribution in [0.25, 0.3) is 0 Å². The molecule has 110 valence electrons. The van der Waals surface area contributed by atoms with Gasteiger partial charge in [0.05, 0.1) is 0 Å². The molecule has 1 aromatic rings. The van der Waals surface area contributed by atoms with E-state index in [0.29, 0.717) is 6.04 Å². The molecule has 1 saturated heterocycles. The second-order valence-corrected chi connectivity index (χ2v) is 6.49. The molecule has 0 aromatic heterocycles. The molecule has 1 heterocycles. The summed E-state index contributed by atoms with van der Waals surface area (Å²) in [5.74, 6) is 0.811. The summed E-state index contributed by atoms with van der Waals surface area (Å²) in [4.78, 5) is 2.14. The summed E-state index contributed by atoms with van der Waals surface area (Å²) in [6.07, 6.45) is 6.79. The van der Waals surface area contributed by atoms with Gasteiger partial charge in [0.2, 0.25) is 0 Å². The number of benzene rings is 1. The summed E-state index contributed by atoms with van der Waals surface area (Å²) in [5.41, 5.74) is 2.53. The average molecular weight is 273 g/mol. The van der Waals surface area contributed by atoms with Gasteiger partial charge in [0.1, 0.15) is 0 Å². The maximum atomic E-state index is 3.78. The fraction of sp³-hybridized carbons (Fsp3) is 0.647. The Morgan fingerprint density at radius 2 is 1.85 bits per heavy atom. The first kappa shape index (κ1) is 13.7. The zero-order chi connectivity index (χ0) is 13.9. The molecule has 2 N–H and O–H groups in total. The Balaban J connectivity index is 1.63. The highest BCUT2D eigenvalue weighted by atomic mass is 15.1. The van der Waals surface area contributed by atoms with Crippen LogP contribution < -0.4 is 15.5 Å². The Hall–Kier alpha value is -1.22. The third-order valence-electron chi connectivity index (χ3n) is 4.92. The standard InChI is InChI=1S/C17H27N3/c1-20(2)14-10-8-13(9-11-14)19-17-6-3-5-15(17)16-7-4-12-18-16/h8-11,15-19H,3-7,12H2,1-2H3. The minimum absolute atomic E-state index is 0.649. The van der Waals surface area contributed by atoms with Crippen molar-refractivity contribution in [3.63, 3.8) is 0 Å². The first-order valence-corrected chi connectivity index (χ1v) is 8.01. The van der Waals surface area contributed by atoms with Crippen LogP contribution in [0.15, 0.2) is 24.3 Å². The number of rotatable bonds is 4. The van der Waals surface area contributed by atoms with E-state index >= 15 is 0 Å².